The minimum atomic E-state index is -0.209. The molecule has 0 bridgehead atoms. The molecule has 0 aliphatic carbocycles. The topological polar surface area (TPSA) is 21.3 Å². The first-order valence-corrected chi connectivity index (χ1v) is 5.85. The zero-order chi connectivity index (χ0) is 12.8. The van der Waals surface area contributed by atoms with Gasteiger partial charge in [0.15, 0.2) is 0 Å². The highest BCUT2D eigenvalue weighted by molar-refractivity contribution is 5.51. The number of halogens is 1. The maximum atomic E-state index is 13.0. The lowest BCUT2D eigenvalue weighted by Crippen LogP contribution is -2.03. The normalized spacial score (nSPS) is 10.3. The number of methoxy groups -OCH3 is 1. The second-order valence-corrected chi connectivity index (χ2v) is 4.07. The van der Waals surface area contributed by atoms with Crippen LogP contribution in [0.4, 0.5) is 10.1 Å². The van der Waals surface area contributed by atoms with Gasteiger partial charge < -0.3 is 10.1 Å². The van der Waals surface area contributed by atoms with Gasteiger partial charge in [0.05, 0.1) is 6.61 Å². The Bertz CT molecular complexity index is 513. The van der Waals surface area contributed by atoms with Crippen LogP contribution in [0, 0.1) is 5.82 Å². The third-order valence-electron chi connectivity index (χ3n) is 2.69. The molecule has 1 N–H and O–H groups in total. The van der Waals surface area contributed by atoms with E-state index in [2.05, 4.69) is 5.32 Å². The van der Waals surface area contributed by atoms with Gasteiger partial charge in [0, 0.05) is 24.9 Å². The van der Waals surface area contributed by atoms with Crippen molar-refractivity contribution in [2.75, 3.05) is 12.4 Å². The summed E-state index contributed by atoms with van der Waals surface area (Å²) in [5.41, 5.74) is 3.03. The highest BCUT2D eigenvalue weighted by Crippen LogP contribution is 2.17. The van der Waals surface area contributed by atoms with Gasteiger partial charge in [-0.2, -0.15) is 0 Å². The van der Waals surface area contributed by atoms with Crippen molar-refractivity contribution in [3.63, 3.8) is 0 Å². The number of para-hydroxylation sites is 1. The summed E-state index contributed by atoms with van der Waals surface area (Å²) in [6, 6.07) is 14.5. The number of nitrogens with one attached hydrogen (secondary N) is 1. The second kappa shape index (κ2) is 6.17. The monoisotopic (exact) mass is 245 g/mol. The Balaban J connectivity index is 2.06. The molecule has 2 nitrogen and oxygen atoms in total. The van der Waals surface area contributed by atoms with Crippen LogP contribution < -0.4 is 5.32 Å². The van der Waals surface area contributed by atoms with Crippen LogP contribution in [-0.4, -0.2) is 7.11 Å². The number of ether oxygens (including phenoxy) is 1. The third-order valence-corrected chi connectivity index (χ3v) is 2.69. The van der Waals surface area contributed by atoms with E-state index in [4.69, 9.17) is 4.74 Å². The standard InChI is InChI=1S/C15H16FNO/c1-18-11-13-6-2-3-8-15(13)17-10-12-5-4-7-14(16)9-12/h2-9,17H,10-11H2,1H3. The van der Waals surface area contributed by atoms with E-state index in [1.165, 1.54) is 12.1 Å². The van der Waals surface area contributed by atoms with Crippen LogP contribution in [0.2, 0.25) is 0 Å². The molecule has 0 spiro atoms. The van der Waals surface area contributed by atoms with Crippen LogP contribution in [-0.2, 0) is 17.9 Å². The molecule has 0 amide bonds. The van der Waals surface area contributed by atoms with Gasteiger partial charge >= 0.3 is 0 Å². The van der Waals surface area contributed by atoms with Crippen LogP contribution in [0.25, 0.3) is 0 Å². The van der Waals surface area contributed by atoms with E-state index >= 15 is 0 Å². The Morgan fingerprint density at radius 1 is 1.11 bits per heavy atom. The van der Waals surface area contributed by atoms with Crippen molar-refractivity contribution in [1.29, 1.82) is 0 Å². The average Bonchev–Trinajstić information content (AvgIpc) is 2.38. The van der Waals surface area contributed by atoms with Crippen LogP contribution in [0.1, 0.15) is 11.1 Å². The number of hydrogen-bond donors (Lipinski definition) is 1. The molecule has 3 heteroatoms. The lowest BCUT2D eigenvalue weighted by Gasteiger charge is -2.11. The maximum absolute atomic E-state index is 13.0. The minimum Gasteiger partial charge on any atom is -0.381 e. The molecule has 0 aromatic heterocycles. The van der Waals surface area contributed by atoms with E-state index in [0.29, 0.717) is 13.2 Å². The molecule has 2 aromatic rings. The van der Waals surface area contributed by atoms with Crippen molar-refractivity contribution in [2.45, 2.75) is 13.2 Å². The summed E-state index contributed by atoms with van der Waals surface area (Å²) in [6.45, 7) is 1.16. The Hall–Kier alpha value is -1.87. The Morgan fingerprint density at radius 3 is 2.72 bits per heavy atom. The summed E-state index contributed by atoms with van der Waals surface area (Å²) in [4.78, 5) is 0. The molecule has 0 saturated heterocycles. The molecular formula is C15H16FNO. The summed E-state index contributed by atoms with van der Waals surface area (Å²) < 4.78 is 18.2. The largest absolute Gasteiger partial charge is 0.381 e. The van der Waals surface area contributed by atoms with Crippen LogP contribution in [0.15, 0.2) is 48.5 Å². The van der Waals surface area contributed by atoms with E-state index in [9.17, 15) is 4.39 Å². The highest BCUT2D eigenvalue weighted by Gasteiger charge is 2.01. The van der Waals surface area contributed by atoms with Crippen molar-refractivity contribution in [2.24, 2.45) is 0 Å². The molecule has 0 aliphatic rings. The fourth-order valence-corrected chi connectivity index (χ4v) is 1.82. The second-order valence-electron chi connectivity index (χ2n) is 4.07. The SMILES string of the molecule is COCc1ccccc1NCc1cccc(F)c1. The molecule has 2 aromatic carbocycles. The molecule has 0 radical (unpaired) electrons. The quantitative estimate of drug-likeness (QED) is 0.869. The van der Waals surface area contributed by atoms with Crippen LogP contribution >= 0.6 is 0 Å². The Kier molecular flexibility index (Phi) is 4.31. The average molecular weight is 245 g/mol. The van der Waals surface area contributed by atoms with Crippen molar-refractivity contribution in [3.05, 3.63) is 65.5 Å². The van der Waals surface area contributed by atoms with Gasteiger partial charge in [-0.25, -0.2) is 4.39 Å². The van der Waals surface area contributed by atoms with Gasteiger partial charge in [-0.05, 0) is 23.8 Å². The molecule has 0 heterocycles. The first-order chi connectivity index (χ1) is 8.79. The molecule has 0 fully saturated rings. The maximum Gasteiger partial charge on any atom is 0.123 e. The zero-order valence-electron chi connectivity index (χ0n) is 10.3. The van der Waals surface area contributed by atoms with Gasteiger partial charge in [-0.15, -0.1) is 0 Å². The predicted octanol–water partition coefficient (Wildman–Crippen LogP) is 3.58. The third kappa shape index (κ3) is 3.31. The lowest BCUT2D eigenvalue weighted by molar-refractivity contribution is 0.185. The number of benzene rings is 2. The first-order valence-electron chi connectivity index (χ1n) is 5.85. The summed E-state index contributed by atoms with van der Waals surface area (Å²) in [7, 11) is 1.67. The van der Waals surface area contributed by atoms with Crippen LogP contribution in [0.3, 0.4) is 0 Å². The van der Waals surface area contributed by atoms with Gasteiger partial charge in [-0.3, -0.25) is 0 Å². The molecule has 0 unspecified atom stereocenters. The number of hydrogen-bond acceptors (Lipinski definition) is 2. The number of anilines is 1. The zero-order valence-corrected chi connectivity index (χ0v) is 10.3. The van der Waals surface area contributed by atoms with E-state index in [1.54, 1.807) is 13.2 Å². The van der Waals surface area contributed by atoms with Gasteiger partial charge in [0.1, 0.15) is 5.82 Å². The van der Waals surface area contributed by atoms with Crippen molar-refractivity contribution < 1.29 is 9.13 Å². The Morgan fingerprint density at radius 2 is 1.94 bits per heavy atom. The van der Waals surface area contributed by atoms with Gasteiger partial charge in [0.2, 0.25) is 0 Å². The lowest BCUT2D eigenvalue weighted by atomic mass is 10.1. The molecule has 0 aliphatic heterocycles. The van der Waals surface area contributed by atoms with Crippen LogP contribution in [0.5, 0.6) is 0 Å². The molecule has 0 saturated carbocycles. The Labute approximate surface area is 106 Å². The summed E-state index contributed by atoms with van der Waals surface area (Å²) in [6.07, 6.45) is 0. The molecule has 94 valence electrons. The summed E-state index contributed by atoms with van der Waals surface area (Å²) >= 11 is 0. The van der Waals surface area contributed by atoms with Gasteiger partial charge in [-0.1, -0.05) is 30.3 Å². The molecule has 18 heavy (non-hydrogen) atoms. The molecule has 0 atom stereocenters. The molecular weight excluding hydrogens is 229 g/mol. The molecule has 2 rings (SSSR count). The predicted molar refractivity (Wildman–Crippen MR) is 70.9 cm³/mol. The highest BCUT2D eigenvalue weighted by atomic mass is 19.1. The van der Waals surface area contributed by atoms with E-state index < -0.39 is 0 Å². The van der Waals surface area contributed by atoms with Crippen molar-refractivity contribution >= 4 is 5.69 Å². The minimum absolute atomic E-state index is 0.209. The summed E-state index contributed by atoms with van der Waals surface area (Å²) in [5.74, 6) is -0.209. The van der Waals surface area contributed by atoms with E-state index in [-0.39, 0.29) is 5.82 Å². The van der Waals surface area contributed by atoms with Crippen molar-refractivity contribution in [1.82, 2.24) is 0 Å². The first kappa shape index (κ1) is 12.6. The smallest absolute Gasteiger partial charge is 0.123 e. The number of rotatable bonds is 5. The fraction of sp³-hybridized carbons (Fsp3) is 0.200. The summed E-state index contributed by atoms with van der Waals surface area (Å²) in [5, 5.41) is 3.29. The van der Waals surface area contributed by atoms with Crippen molar-refractivity contribution in [3.8, 4) is 0 Å². The van der Waals surface area contributed by atoms with Gasteiger partial charge in [0.25, 0.3) is 0 Å². The van der Waals surface area contributed by atoms with E-state index in [0.717, 1.165) is 16.8 Å². The van der Waals surface area contributed by atoms with E-state index in [1.807, 2.05) is 30.3 Å². The fourth-order valence-electron chi connectivity index (χ4n) is 1.82.